The summed E-state index contributed by atoms with van der Waals surface area (Å²) in [7, 11) is -3.84. The summed E-state index contributed by atoms with van der Waals surface area (Å²) >= 11 is 0.853. The Kier molecular flexibility index (Phi) is 5.60. The van der Waals surface area contributed by atoms with Crippen molar-refractivity contribution in [1.82, 2.24) is 25.0 Å². The Morgan fingerprint density at radius 3 is 2.58 bits per heavy atom. The molecule has 0 radical (unpaired) electrons. The summed E-state index contributed by atoms with van der Waals surface area (Å²) in [6.45, 7) is 1.32. The summed E-state index contributed by atoms with van der Waals surface area (Å²) in [5.74, 6) is 0.948. The zero-order chi connectivity index (χ0) is 21.8. The summed E-state index contributed by atoms with van der Waals surface area (Å²) < 4.78 is 34.6. The summed E-state index contributed by atoms with van der Waals surface area (Å²) in [6, 6.07) is 11.4. The van der Waals surface area contributed by atoms with E-state index in [9.17, 15) is 13.2 Å². The molecule has 3 aromatic heterocycles. The predicted octanol–water partition coefficient (Wildman–Crippen LogP) is 2.67. The largest absolute Gasteiger partial charge is 0.438 e. The van der Waals surface area contributed by atoms with Crippen molar-refractivity contribution in [3.63, 3.8) is 0 Å². The number of rotatable bonds is 7. The number of sulfonamides is 1. The molecule has 0 saturated carbocycles. The summed E-state index contributed by atoms with van der Waals surface area (Å²) in [4.78, 5) is 14.9. The number of hydrogen-bond donors (Lipinski definition) is 2. The van der Waals surface area contributed by atoms with Crippen molar-refractivity contribution < 1.29 is 17.9 Å². The number of thiazole rings is 1. The van der Waals surface area contributed by atoms with Crippen molar-refractivity contribution in [2.75, 3.05) is 10.0 Å². The highest BCUT2D eigenvalue weighted by molar-refractivity contribution is 7.94. The third-order valence-corrected chi connectivity index (χ3v) is 6.48. The van der Waals surface area contributed by atoms with Gasteiger partial charge in [0.25, 0.3) is 10.0 Å². The SMILES string of the molecule is CC(=O)Nc1ncc(S(=O)(=O)Nc2ccc(Oc3ccc(-n4cccn4)nn3)cc2)s1. The maximum Gasteiger partial charge on any atom is 0.273 e. The van der Waals surface area contributed by atoms with E-state index >= 15 is 0 Å². The molecule has 0 spiro atoms. The fourth-order valence-electron chi connectivity index (χ4n) is 2.40. The maximum atomic E-state index is 12.5. The summed E-state index contributed by atoms with van der Waals surface area (Å²) in [5, 5.41) is 14.8. The molecule has 4 aromatic rings. The molecule has 2 N–H and O–H groups in total. The van der Waals surface area contributed by atoms with Crippen LogP contribution in [0.5, 0.6) is 11.6 Å². The van der Waals surface area contributed by atoms with Gasteiger partial charge in [0.05, 0.1) is 6.20 Å². The average Bonchev–Trinajstić information content (AvgIpc) is 3.42. The highest BCUT2D eigenvalue weighted by Crippen LogP contribution is 2.26. The van der Waals surface area contributed by atoms with E-state index in [4.69, 9.17) is 4.74 Å². The van der Waals surface area contributed by atoms with E-state index in [0.29, 0.717) is 17.3 Å². The number of amides is 1. The molecule has 31 heavy (non-hydrogen) atoms. The number of ether oxygens (including phenoxy) is 1. The third kappa shape index (κ3) is 5.02. The van der Waals surface area contributed by atoms with Gasteiger partial charge in [-0.15, -0.1) is 10.2 Å². The van der Waals surface area contributed by atoms with Crippen molar-refractivity contribution >= 4 is 38.1 Å². The van der Waals surface area contributed by atoms with Crippen LogP contribution < -0.4 is 14.8 Å². The third-order valence-electron chi connectivity index (χ3n) is 3.73. The van der Waals surface area contributed by atoms with Crippen LogP contribution in [0, 0.1) is 0 Å². The number of anilines is 2. The first-order chi connectivity index (χ1) is 14.9. The van der Waals surface area contributed by atoms with Gasteiger partial charge in [0, 0.05) is 31.1 Å². The number of benzene rings is 1. The molecule has 1 aromatic carbocycles. The molecule has 0 fully saturated rings. The van der Waals surface area contributed by atoms with Crippen molar-refractivity contribution in [2.24, 2.45) is 0 Å². The Hall–Kier alpha value is -3.84. The number of carbonyl (C=O) groups excluding carboxylic acids is 1. The van der Waals surface area contributed by atoms with Gasteiger partial charge in [-0.2, -0.15) is 5.10 Å². The lowest BCUT2D eigenvalue weighted by Gasteiger charge is -2.08. The first-order valence-electron chi connectivity index (χ1n) is 8.77. The van der Waals surface area contributed by atoms with Gasteiger partial charge in [0.2, 0.25) is 11.8 Å². The molecule has 0 aliphatic heterocycles. The minimum atomic E-state index is -3.84. The number of nitrogens with zero attached hydrogens (tertiary/aromatic N) is 5. The van der Waals surface area contributed by atoms with Gasteiger partial charge in [-0.3, -0.25) is 9.52 Å². The molecule has 3 heterocycles. The maximum absolute atomic E-state index is 12.5. The van der Waals surface area contributed by atoms with Gasteiger partial charge in [-0.05, 0) is 36.4 Å². The van der Waals surface area contributed by atoms with Crippen LogP contribution in [0.25, 0.3) is 5.82 Å². The van der Waals surface area contributed by atoms with Gasteiger partial charge < -0.3 is 10.1 Å². The molecule has 0 saturated heterocycles. The lowest BCUT2D eigenvalue weighted by molar-refractivity contribution is -0.114. The topological polar surface area (TPSA) is 141 Å². The molecule has 13 heteroatoms. The minimum Gasteiger partial charge on any atom is -0.438 e. The van der Waals surface area contributed by atoms with Crippen LogP contribution in [0.2, 0.25) is 0 Å². The lowest BCUT2D eigenvalue weighted by Crippen LogP contribution is -2.11. The van der Waals surface area contributed by atoms with Gasteiger partial charge in [0.15, 0.2) is 15.2 Å². The molecule has 11 nitrogen and oxygen atoms in total. The van der Waals surface area contributed by atoms with Crippen LogP contribution in [-0.2, 0) is 14.8 Å². The molecule has 0 aliphatic rings. The van der Waals surface area contributed by atoms with Crippen molar-refractivity contribution in [3.8, 4) is 17.4 Å². The summed E-state index contributed by atoms with van der Waals surface area (Å²) in [5.41, 5.74) is 0.335. The second-order valence-electron chi connectivity index (χ2n) is 6.08. The van der Waals surface area contributed by atoms with Gasteiger partial charge in [0.1, 0.15) is 5.75 Å². The molecule has 158 valence electrons. The first-order valence-corrected chi connectivity index (χ1v) is 11.1. The van der Waals surface area contributed by atoms with Crippen LogP contribution in [0.3, 0.4) is 0 Å². The van der Waals surface area contributed by atoms with Crippen LogP contribution in [0.15, 0.2) is 65.3 Å². The lowest BCUT2D eigenvalue weighted by atomic mass is 10.3. The summed E-state index contributed by atoms with van der Waals surface area (Å²) in [6.07, 6.45) is 4.57. The normalized spacial score (nSPS) is 11.1. The Balaban J connectivity index is 1.41. The monoisotopic (exact) mass is 457 g/mol. The molecular weight excluding hydrogens is 442 g/mol. The van der Waals surface area contributed by atoms with Crippen molar-refractivity contribution in [3.05, 3.63) is 61.1 Å². The fourth-order valence-corrected chi connectivity index (χ4v) is 4.54. The average molecular weight is 457 g/mol. The highest BCUT2D eigenvalue weighted by atomic mass is 32.2. The fraction of sp³-hybridized carbons (Fsp3) is 0.0556. The number of carbonyl (C=O) groups is 1. The van der Waals surface area contributed by atoms with Crippen LogP contribution in [0.4, 0.5) is 10.8 Å². The standard InChI is InChI=1S/C18H15N7O4S2/c1-12(26)21-18-19-11-17(30-18)31(27,28)24-13-3-5-14(6-4-13)29-16-8-7-15(22-23-16)25-10-2-9-20-25/h2-11,24H,1H3,(H,19,21,26). The van der Waals surface area contributed by atoms with E-state index in [1.54, 1.807) is 59.5 Å². The zero-order valence-corrected chi connectivity index (χ0v) is 17.6. The van der Waals surface area contributed by atoms with Crippen LogP contribution >= 0.6 is 11.3 Å². The van der Waals surface area contributed by atoms with Crippen molar-refractivity contribution in [2.45, 2.75) is 11.1 Å². The Morgan fingerprint density at radius 2 is 1.94 bits per heavy atom. The minimum absolute atomic E-state index is 0.0240. The van der Waals surface area contributed by atoms with E-state index < -0.39 is 10.0 Å². The van der Waals surface area contributed by atoms with Gasteiger partial charge in [-0.1, -0.05) is 11.3 Å². The Bertz CT molecular complexity index is 1290. The zero-order valence-electron chi connectivity index (χ0n) is 16.0. The molecule has 0 aliphatic carbocycles. The van der Waals surface area contributed by atoms with Gasteiger partial charge in [-0.25, -0.2) is 18.1 Å². The number of hydrogen-bond acceptors (Lipinski definition) is 9. The van der Waals surface area contributed by atoms with E-state index in [2.05, 4.69) is 30.3 Å². The Labute approximate surface area is 180 Å². The molecule has 0 atom stereocenters. The smallest absolute Gasteiger partial charge is 0.273 e. The molecule has 0 unspecified atom stereocenters. The van der Waals surface area contributed by atoms with Gasteiger partial charge >= 0.3 is 0 Å². The first kappa shape index (κ1) is 20.4. The number of aromatic nitrogens is 5. The molecule has 4 rings (SSSR count). The Morgan fingerprint density at radius 1 is 1.13 bits per heavy atom. The highest BCUT2D eigenvalue weighted by Gasteiger charge is 2.18. The van der Waals surface area contributed by atoms with E-state index in [0.717, 1.165) is 11.3 Å². The van der Waals surface area contributed by atoms with E-state index in [1.807, 2.05) is 0 Å². The second kappa shape index (κ2) is 8.49. The molecule has 0 bridgehead atoms. The van der Waals surface area contributed by atoms with E-state index in [1.165, 1.54) is 13.1 Å². The van der Waals surface area contributed by atoms with E-state index in [-0.39, 0.29) is 21.1 Å². The van der Waals surface area contributed by atoms with Crippen LogP contribution in [-0.4, -0.2) is 39.3 Å². The number of nitrogens with one attached hydrogen (secondary N) is 2. The predicted molar refractivity (Wildman–Crippen MR) is 113 cm³/mol. The van der Waals surface area contributed by atoms with Crippen molar-refractivity contribution in [1.29, 1.82) is 0 Å². The molecule has 1 amide bonds. The second-order valence-corrected chi connectivity index (χ2v) is 9.02. The molecular formula is C18H15N7O4S2. The quantitative estimate of drug-likeness (QED) is 0.431. The van der Waals surface area contributed by atoms with Crippen LogP contribution in [0.1, 0.15) is 6.92 Å².